The maximum atomic E-state index is 9.75. The fraction of sp³-hybridized carbons (Fsp3) is 0.167. The van der Waals surface area contributed by atoms with Crippen molar-refractivity contribution in [2.24, 2.45) is 0 Å². The molecule has 2 nitrogen and oxygen atoms in total. The van der Waals surface area contributed by atoms with Crippen LogP contribution in [-0.2, 0) is 13.1 Å². The molecule has 0 aliphatic heterocycles. The number of unbranched alkanes of at least 4 members (excludes halogenated alkanes) is 2. The van der Waals surface area contributed by atoms with Gasteiger partial charge >= 0.3 is 14.5 Å². The maximum absolute atomic E-state index is 9.75. The summed E-state index contributed by atoms with van der Waals surface area (Å²) in [6.07, 6.45) is 4.55. The molecular formula is C48H46B2F8N2. The van der Waals surface area contributed by atoms with Crippen LogP contribution in [0.25, 0.3) is 67.3 Å². The Morgan fingerprint density at radius 1 is 0.317 bits per heavy atom. The molecule has 0 amide bonds. The van der Waals surface area contributed by atoms with Gasteiger partial charge in [-0.1, -0.05) is 124 Å². The van der Waals surface area contributed by atoms with Crippen molar-refractivity contribution in [3.8, 4) is 67.3 Å². The van der Waals surface area contributed by atoms with Gasteiger partial charge in [0, 0.05) is 59.4 Å². The summed E-state index contributed by atoms with van der Waals surface area (Å²) in [5.74, 6) is 0. The summed E-state index contributed by atoms with van der Waals surface area (Å²) in [6.45, 7) is 6.49. The minimum Gasteiger partial charge on any atom is -0.418 e. The Morgan fingerprint density at radius 3 is 0.733 bits per heavy atom. The molecule has 0 aliphatic carbocycles. The molecule has 2 aromatic heterocycles. The average molecular weight is 825 g/mol. The number of aromatic nitrogens is 2. The lowest BCUT2D eigenvalue weighted by atomic mass is 9.95. The van der Waals surface area contributed by atoms with Crippen molar-refractivity contribution in [3.63, 3.8) is 0 Å². The van der Waals surface area contributed by atoms with Crippen molar-refractivity contribution in [2.75, 3.05) is 0 Å². The van der Waals surface area contributed by atoms with Crippen LogP contribution in [0, 0.1) is 0 Å². The van der Waals surface area contributed by atoms with E-state index < -0.39 is 14.5 Å². The van der Waals surface area contributed by atoms with Gasteiger partial charge in [0.05, 0.1) is 0 Å². The molecule has 60 heavy (non-hydrogen) atoms. The van der Waals surface area contributed by atoms with Crippen molar-refractivity contribution < 1.29 is 43.7 Å². The van der Waals surface area contributed by atoms with E-state index in [1.807, 2.05) is 0 Å². The maximum Gasteiger partial charge on any atom is 0.673 e. The lowest BCUT2D eigenvalue weighted by Crippen LogP contribution is -2.39. The summed E-state index contributed by atoms with van der Waals surface area (Å²) < 4.78 is 83.0. The number of halogens is 8. The largest absolute Gasteiger partial charge is 0.673 e. The van der Waals surface area contributed by atoms with Gasteiger partial charge in [-0.05, 0) is 70.8 Å². The van der Waals surface area contributed by atoms with E-state index in [9.17, 15) is 34.5 Å². The fourth-order valence-corrected chi connectivity index (χ4v) is 6.94. The second-order valence-corrected chi connectivity index (χ2v) is 14.1. The van der Waals surface area contributed by atoms with E-state index in [4.69, 9.17) is 0 Å². The molecular weight excluding hydrogens is 778 g/mol. The van der Waals surface area contributed by atoms with Crippen LogP contribution in [0.15, 0.2) is 170 Å². The van der Waals surface area contributed by atoms with E-state index in [-0.39, 0.29) is 0 Å². The van der Waals surface area contributed by atoms with Crippen molar-refractivity contribution in [2.45, 2.75) is 52.6 Å². The zero-order valence-electron chi connectivity index (χ0n) is 33.5. The highest BCUT2D eigenvalue weighted by molar-refractivity contribution is 6.50. The zero-order valence-corrected chi connectivity index (χ0v) is 33.5. The first-order valence-electron chi connectivity index (χ1n) is 20.0. The van der Waals surface area contributed by atoms with Crippen LogP contribution < -0.4 is 9.13 Å². The smallest absolute Gasteiger partial charge is 0.418 e. The van der Waals surface area contributed by atoms with Crippen LogP contribution in [0.1, 0.15) is 39.5 Å². The number of benzene rings is 5. The van der Waals surface area contributed by atoms with E-state index in [0.717, 1.165) is 38.8 Å². The fourth-order valence-electron chi connectivity index (χ4n) is 6.94. The van der Waals surface area contributed by atoms with Crippen molar-refractivity contribution in [1.29, 1.82) is 0 Å². The Morgan fingerprint density at radius 2 is 0.533 bits per heavy atom. The molecule has 0 spiro atoms. The van der Waals surface area contributed by atoms with Crippen LogP contribution in [-0.4, -0.2) is 14.5 Å². The van der Waals surface area contributed by atoms with Crippen LogP contribution in [0.4, 0.5) is 34.5 Å². The Bertz CT molecular complexity index is 2070. The zero-order chi connectivity index (χ0) is 43.1. The topological polar surface area (TPSA) is 7.76 Å². The van der Waals surface area contributed by atoms with Crippen molar-refractivity contribution in [1.82, 2.24) is 0 Å². The SMILES string of the molecule is CCCC[n+]1c(-c2ccccc2)cc(-c2ccc(-c3cc(-c4ccccc4)[n+](CCCC)c(-c4ccccc4)c3)cc2)cc1-c1ccccc1.F[B-](F)(F)F.F[B-](F)(F)F. The molecule has 0 radical (unpaired) electrons. The molecule has 7 aromatic rings. The molecule has 0 fully saturated rings. The first-order valence-corrected chi connectivity index (χ1v) is 20.0. The van der Waals surface area contributed by atoms with Gasteiger partial charge < -0.3 is 34.5 Å². The van der Waals surface area contributed by atoms with Gasteiger partial charge in [-0.2, -0.15) is 9.13 Å². The van der Waals surface area contributed by atoms with Crippen molar-refractivity contribution in [3.05, 3.63) is 170 Å². The lowest BCUT2D eigenvalue weighted by molar-refractivity contribution is -0.676. The standard InChI is InChI=1S/C48H46N2.2BF4/c1-3-5-31-49-45(39-19-11-7-12-20-39)33-43(34-46(49)40-21-13-8-14-22-40)37-27-29-38(30-28-37)44-35-47(41-23-15-9-16-24-41)50(32-6-4-2)48(36-44)42-25-17-10-18-26-42;2*2-1(3,4)5/h7-30,33-36H,3-6,31-32H2,1-2H3;;/q+2;2*-1. The molecule has 0 N–H and O–H groups in total. The highest BCUT2D eigenvalue weighted by Gasteiger charge is 2.25. The summed E-state index contributed by atoms with van der Waals surface area (Å²) in [6, 6.07) is 62.1. The predicted octanol–water partition coefficient (Wildman–Crippen LogP) is 14.5. The lowest BCUT2D eigenvalue weighted by Gasteiger charge is -2.14. The molecule has 12 heteroatoms. The highest BCUT2D eigenvalue weighted by atomic mass is 19.5. The van der Waals surface area contributed by atoms with Gasteiger partial charge in [0.25, 0.3) is 0 Å². The normalized spacial score (nSPS) is 11.2. The van der Waals surface area contributed by atoms with E-state index in [1.165, 1.54) is 67.3 Å². The molecule has 0 aliphatic rings. The summed E-state index contributed by atoms with van der Waals surface area (Å²) in [5, 5.41) is 0. The third kappa shape index (κ3) is 13.5. The summed E-state index contributed by atoms with van der Waals surface area (Å²) in [7, 11) is -12.0. The second kappa shape index (κ2) is 21.3. The Hall–Kier alpha value is -6.03. The molecule has 7 rings (SSSR count). The summed E-state index contributed by atoms with van der Waals surface area (Å²) in [4.78, 5) is 0. The molecule has 0 saturated carbocycles. The van der Waals surface area contributed by atoms with Crippen LogP contribution in [0.3, 0.4) is 0 Å². The summed E-state index contributed by atoms with van der Waals surface area (Å²) >= 11 is 0. The monoisotopic (exact) mass is 824 g/mol. The first-order chi connectivity index (χ1) is 28.7. The Labute approximate surface area is 347 Å². The summed E-state index contributed by atoms with van der Waals surface area (Å²) in [5.41, 5.74) is 14.8. The number of pyridine rings is 2. The molecule has 0 unspecified atom stereocenters. The van der Waals surface area contributed by atoms with Gasteiger partial charge in [-0.3, -0.25) is 0 Å². The van der Waals surface area contributed by atoms with E-state index in [0.29, 0.717) is 0 Å². The average Bonchev–Trinajstić information content (AvgIpc) is 3.24. The first kappa shape index (κ1) is 45.1. The van der Waals surface area contributed by atoms with E-state index in [1.54, 1.807) is 0 Å². The quantitative estimate of drug-likeness (QED) is 0.0659. The van der Waals surface area contributed by atoms with Crippen LogP contribution in [0.2, 0.25) is 0 Å². The minimum absolute atomic E-state index is 0.976. The van der Waals surface area contributed by atoms with Gasteiger partial charge in [-0.25, -0.2) is 0 Å². The number of hydrogen-bond acceptors (Lipinski definition) is 0. The Kier molecular flexibility index (Phi) is 16.0. The van der Waals surface area contributed by atoms with E-state index in [2.05, 4.69) is 193 Å². The molecule has 0 bridgehead atoms. The highest BCUT2D eigenvalue weighted by Crippen LogP contribution is 2.33. The molecule has 310 valence electrons. The predicted molar refractivity (Wildman–Crippen MR) is 230 cm³/mol. The Balaban J connectivity index is 0.000000613. The minimum atomic E-state index is -6.00. The van der Waals surface area contributed by atoms with Gasteiger partial charge in [-0.15, -0.1) is 0 Å². The second-order valence-electron chi connectivity index (χ2n) is 14.1. The van der Waals surface area contributed by atoms with Crippen LogP contribution in [0.5, 0.6) is 0 Å². The van der Waals surface area contributed by atoms with Crippen LogP contribution >= 0.6 is 0 Å². The van der Waals surface area contributed by atoms with Gasteiger partial charge in [0.15, 0.2) is 0 Å². The van der Waals surface area contributed by atoms with Gasteiger partial charge in [0.1, 0.15) is 13.1 Å². The third-order valence-electron chi connectivity index (χ3n) is 9.63. The molecule has 0 saturated heterocycles. The molecule has 0 atom stereocenters. The molecule has 5 aromatic carbocycles. The number of hydrogen-bond donors (Lipinski definition) is 0. The third-order valence-corrected chi connectivity index (χ3v) is 9.63. The van der Waals surface area contributed by atoms with Crippen molar-refractivity contribution >= 4 is 14.5 Å². The molecule has 2 heterocycles. The number of nitrogens with zero attached hydrogens (tertiary/aromatic N) is 2. The number of rotatable bonds is 12. The van der Waals surface area contributed by atoms with E-state index >= 15 is 0 Å². The van der Waals surface area contributed by atoms with Gasteiger partial charge in [0.2, 0.25) is 22.8 Å².